The van der Waals surface area contributed by atoms with Crippen LogP contribution in [0.15, 0.2) is 24.3 Å². The topological polar surface area (TPSA) is 114 Å². The van der Waals surface area contributed by atoms with E-state index in [0.717, 1.165) is 83.5 Å². The number of phosphoric ester groups is 1. The van der Waals surface area contributed by atoms with Gasteiger partial charge in [0.2, 0.25) is 5.91 Å². The van der Waals surface area contributed by atoms with Crippen LogP contribution in [0.2, 0.25) is 0 Å². The zero-order valence-corrected chi connectivity index (χ0v) is 46.7. The van der Waals surface area contributed by atoms with Crippen molar-refractivity contribution in [2.45, 2.75) is 296 Å². The number of quaternary nitrogens is 1. The maximum absolute atomic E-state index is 13.4. The lowest BCUT2D eigenvalue weighted by atomic mass is 10.0. The van der Waals surface area contributed by atoms with Crippen LogP contribution in [-0.2, 0) is 27.9 Å². The molecule has 0 bridgehead atoms. The Morgan fingerprint density at radius 2 is 0.868 bits per heavy atom. The zero-order valence-electron chi connectivity index (χ0n) is 45.8. The van der Waals surface area contributed by atoms with Gasteiger partial charge < -0.3 is 28.5 Å². The van der Waals surface area contributed by atoms with Gasteiger partial charge in [-0.3, -0.25) is 14.2 Å². The van der Waals surface area contributed by atoms with Gasteiger partial charge in [0.25, 0.3) is 7.82 Å². The lowest BCUT2D eigenvalue weighted by molar-refractivity contribution is -0.870. The molecule has 0 radical (unpaired) electrons. The first-order valence-corrected chi connectivity index (χ1v) is 30.6. The Labute approximate surface area is 422 Å². The van der Waals surface area contributed by atoms with Crippen LogP contribution < -0.4 is 10.2 Å². The van der Waals surface area contributed by atoms with Gasteiger partial charge in [0, 0.05) is 12.8 Å². The van der Waals surface area contributed by atoms with Gasteiger partial charge in [-0.25, -0.2) is 0 Å². The van der Waals surface area contributed by atoms with Crippen LogP contribution in [0.5, 0.6) is 0 Å². The first-order chi connectivity index (χ1) is 32.9. The van der Waals surface area contributed by atoms with E-state index < -0.39 is 20.0 Å². The molecule has 0 aromatic carbocycles. The highest BCUT2D eigenvalue weighted by Crippen LogP contribution is 2.38. The summed E-state index contributed by atoms with van der Waals surface area (Å²) in [5.41, 5.74) is 0. The number of ether oxygens (including phenoxy) is 1. The fourth-order valence-electron chi connectivity index (χ4n) is 8.56. The van der Waals surface area contributed by atoms with Gasteiger partial charge in [0.05, 0.1) is 33.8 Å². The summed E-state index contributed by atoms with van der Waals surface area (Å²) in [5.74, 6) is -0.540. The third-order valence-electron chi connectivity index (χ3n) is 13.1. The number of esters is 1. The number of phosphoric acid groups is 1. The van der Waals surface area contributed by atoms with Crippen LogP contribution in [0.1, 0.15) is 284 Å². The molecular formula is C58H113N2O7P. The molecule has 3 unspecified atom stereocenters. The number of carbonyl (C=O) groups is 2. The first kappa shape index (κ1) is 66.5. The fraction of sp³-hybridized carbons (Fsp3) is 0.897. The van der Waals surface area contributed by atoms with E-state index >= 15 is 0 Å². The average molecular weight is 982 g/mol. The molecule has 1 N–H and O–H groups in total. The van der Waals surface area contributed by atoms with Crippen molar-refractivity contribution < 1.29 is 37.3 Å². The Kier molecular flexibility index (Phi) is 48.0. The van der Waals surface area contributed by atoms with E-state index in [1.807, 2.05) is 33.3 Å². The molecule has 0 aromatic heterocycles. The highest BCUT2D eigenvalue weighted by atomic mass is 31.2. The van der Waals surface area contributed by atoms with Gasteiger partial charge in [0.15, 0.2) is 0 Å². The van der Waals surface area contributed by atoms with Crippen LogP contribution in [0.3, 0.4) is 0 Å². The maximum Gasteiger partial charge on any atom is 0.306 e. The van der Waals surface area contributed by atoms with Crippen molar-refractivity contribution in [1.82, 2.24) is 5.32 Å². The summed E-state index contributed by atoms with van der Waals surface area (Å²) in [4.78, 5) is 39.8. The molecule has 0 heterocycles. The number of unbranched alkanes of at least 4 members (excludes halogenated alkanes) is 35. The number of hydrogen-bond acceptors (Lipinski definition) is 7. The second-order valence-corrected chi connectivity index (χ2v) is 22.6. The number of hydrogen-bond donors (Lipinski definition) is 1. The van der Waals surface area contributed by atoms with E-state index in [0.29, 0.717) is 17.4 Å². The average Bonchev–Trinajstić information content (AvgIpc) is 3.29. The monoisotopic (exact) mass is 981 g/mol. The Balaban J connectivity index is 5.23. The van der Waals surface area contributed by atoms with Gasteiger partial charge in [-0.05, 0) is 51.0 Å². The fourth-order valence-corrected chi connectivity index (χ4v) is 9.29. The molecule has 10 heteroatoms. The summed E-state index contributed by atoms with van der Waals surface area (Å²) in [6, 6.07) is -0.885. The SMILES string of the molecule is CCCC/C=C\CCCCCCCC(=O)NC(COP(=O)([O-])OCC[N+](C)(C)C)C(/C=C\CCCCCCCCCCCC)OC(=O)CCCCCCCCCCCCCCCCCCCCC. The minimum absolute atomic E-state index is 0.0208. The predicted octanol–water partition coefficient (Wildman–Crippen LogP) is 16.8. The Hall–Kier alpha value is -1.51. The summed E-state index contributed by atoms with van der Waals surface area (Å²) >= 11 is 0. The maximum atomic E-state index is 13.4. The molecule has 402 valence electrons. The number of nitrogens with zero attached hydrogens (tertiary/aromatic N) is 1. The molecule has 1 amide bonds. The van der Waals surface area contributed by atoms with E-state index in [1.165, 1.54) is 167 Å². The molecule has 0 aliphatic rings. The third kappa shape index (κ3) is 49.5. The normalized spacial score (nSPS) is 13.9. The minimum atomic E-state index is -4.69. The van der Waals surface area contributed by atoms with Crippen LogP contribution >= 0.6 is 7.82 Å². The molecule has 68 heavy (non-hydrogen) atoms. The van der Waals surface area contributed by atoms with Crippen molar-refractivity contribution >= 4 is 19.7 Å². The van der Waals surface area contributed by atoms with E-state index in [2.05, 4.69) is 38.2 Å². The molecular weight excluding hydrogens is 868 g/mol. The molecule has 3 atom stereocenters. The minimum Gasteiger partial charge on any atom is -0.756 e. The van der Waals surface area contributed by atoms with Crippen LogP contribution in [0, 0.1) is 0 Å². The summed E-state index contributed by atoms with van der Waals surface area (Å²) in [6.45, 7) is 6.82. The van der Waals surface area contributed by atoms with Gasteiger partial charge in [-0.2, -0.15) is 0 Å². The summed E-state index contributed by atoms with van der Waals surface area (Å²) in [5, 5.41) is 3.01. The molecule has 0 aromatic rings. The largest absolute Gasteiger partial charge is 0.756 e. The first-order valence-electron chi connectivity index (χ1n) is 29.1. The van der Waals surface area contributed by atoms with Crippen molar-refractivity contribution in [3.63, 3.8) is 0 Å². The van der Waals surface area contributed by atoms with E-state index in [4.69, 9.17) is 13.8 Å². The highest BCUT2D eigenvalue weighted by molar-refractivity contribution is 7.45. The van der Waals surface area contributed by atoms with Crippen molar-refractivity contribution in [3.05, 3.63) is 24.3 Å². The Morgan fingerprint density at radius 1 is 0.500 bits per heavy atom. The standard InChI is InChI=1S/C58H113N2O7P/c1-7-10-13-16-19-22-25-27-28-29-30-31-32-33-36-39-42-45-48-51-58(62)67-56(49-46-43-40-37-35-26-23-20-17-14-11-8-2)55(54-66-68(63,64)65-53-52-60(4,5)6)59-57(61)50-47-44-41-38-34-24-21-18-15-12-9-3/h18,21,46,49,55-56H,7-17,19-20,22-45,47-48,50-54H2,1-6H3,(H-,59,61,63,64)/b21-18-,49-46-. The second-order valence-electron chi connectivity index (χ2n) is 21.2. The van der Waals surface area contributed by atoms with Gasteiger partial charge in [-0.1, -0.05) is 244 Å². The Bertz CT molecular complexity index is 1220. The molecule has 0 saturated carbocycles. The lowest BCUT2D eigenvalue weighted by Crippen LogP contribution is -2.47. The molecule has 0 aliphatic heterocycles. The van der Waals surface area contributed by atoms with Gasteiger partial charge in [0.1, 0.15) is 19.3 Å². The molecule has 0 rings (SSSR count). The van der Waals surface area contributed by atoms with E-state index in [1.54, 1.807) is 0 Å². The van der Waals surface area contributed by atoms with Crippen molar-refractivity contribution in [2.24, 2.45) is 0 Å². The van der Waals surface area contributed by atoms with E-state index in [-0.39, 0.29) is 31.5 Å². The van der Waals surface area contributed by atoms with Crippen molar-refractivity contribution in [1.29, 1.82) is 0 Å². The van der Waals surface area contributed by atoms with Gasteiger partial charge in [-0.15, -0.1) is 0 Å². The Morgan fingerprint density at radius 3 is 1.29 bits per heavy atom. The van der Waals surface area contributed by atoms with Gasteiger partial charge >= 0.3 is 5.97 Å². The van der Waals surface area contributed by atoms with E-state index in [9.17, 15) is 19.0 Å². The summed E-state index contributed by atoms with van der Waals surface area (Å²) < 4.78 is 30.2. The third-order valence-corrected chi connectivity index (χ3v) is 14.1. The summed E-state index contributed by atoms with van der Waals surface area (Å²) in [6.07, 6.45) is 55.7. The molecule has 0 saturated heterocycles. The smallest absolute Gasteiger partial charge is 0.306 e. The number of allylic oxidation sites excluding steroid dienone is 3. The number of likely N-dealkylation sites (N-methyl/N-ethyl adjacent to an activating group) is 1. The van der Waals surface area contributed by atoms with Crippen LogP contribution in [-0.4, -0.2) is 69.4 Å². The number of carbonyl (C=O) groups excluding carboxylic acids is 2. The van der Waals surface area contributed by atoms with Crippen LogP contribution in [0.25, 0.3) is 0 Å². The van der Waals surface area contributed by atoms with Crippen molar-refractivity contribution in [2.75, 3.05) is 40.9 Å². The predicted molar refractivity (Wildman–Crippen MR) is 289 cm³/mol. The number of amides is 1. The lowest BCUT2D eigenvalue weighted by Gasteiger charge is -2.30. The molecule has 0 fully saturated rings. The van der Waals surface area contributed by atoms with Crippen LogP contribution in [0.4, 0.5) is 0 Å². The zero-order chi connectivity index (χ0) is 50.1. The molecule has 0 aliphatic carbocycles. The van der Waals surface area contributed by atoms with Crippen molar-refractivity contribution in [3.8, 4) is 0 Å². The molecule has 0 spiro atoms. The summed E-state index contributed by atoms with van der Waals surface area (Å²) in [7, 11) is 1.19. The molecule has 9 nitrogen and oxygen atoms in total. The quantitative estimate of drug-likeness (QED) is 0.0212. The highest BCUT2D eigenvalue weighted by Gasteiger charge is 2.27. The number of nitrogens with one attached hydrogen (secondary N) is 1. The number of rotatable bonds is 53. The second kappa shape index (κ2) is 49.1.